The molecule has 0 radical (unpaired) electrons. The molecule has 120 valence electrons. The van der Waals surface area contributed by atoms with Crippen LogP contribution >= 0.6 is 0 Å². The highest BCUT2D eigenvalue weighted by Gasteiger charge is 2.50. The number of carbonyl (C=O) groups excluding carboxylic acids is 3. The predicted molar refractivity (Wildman–Crippen MR) is 74.6 cm³/mol. The van der Waals surface area contributed by atoms with Crippen molar-refractivity contribution in [1.29, 1.82) is 0 Å². The quantitative estimate of drug-likeness (QED) is 0.385. The number of rotatable bonds is 8. The van der Waals surface area contributed by atoms with Crippen molar-refractivity contribution in [3.05, 3.63) is 0 Å². The van der Waals surface area contributed by atoms with Crippen molar-refractivity contribution in [2.75, 3.05) is 19.8 Å². The van der Waals surface area contributed by atoms with Gasteiger partial charge in [-0.2, -0.15) is 0 Å². The molecule has 1 atom stereocenters. The topological polar surface area (TPSA) is 78.9 Å². The van der Waals surface area contributed by atoms with Gasteiger partial charge in [0.25, 0.3) is 0 Å². The Balaban J connectivity index is 2.99. The average Bonchev–Trinajstić information content (AvgIpc) is 2.48. The Labute approximate surface area is 125 Å². The maximum atomic E-state index is 12.3. The maximum absolute atomic E-state index is 12.3. The first-order chi connectivity index (χ1) is 10.1. The molecule has 0 spiro atoms. The van der Waals surface area contributed by atoms with E-state index < -0.39 is 17.4 Å². The van der Waals surface area contributed by atoms with Gasteiger partial charge in [-0.05, 0) is 33.1 Å². The molecule has 0 aliphatic carbocycles. The summed E-state index contributed by atoms with van der Waals surface area (Å²) in [5, 5.41) is 0. The molecule has 1 fully saturated rings. The maximum Gasteiger partial charge on any atom is 0.324 e. The zero-order valence-corrected chi connectivity index (χ0v) is 12.8. The minimum atomic E-state index is -1.59. The summed E-state index contributed by atoms with van der Waals surface area (Å²) in [7, 11) is 0. The Hall–Kier alpha value is -1.43. The number of esters is 2. The van der Waals surface area contributed by atoms with Gasteiger partial charge in [0.05, 0.1) is 19.3 Å². The van der Waals surface area contributed by atoms with Gasteiger partial charge in [-0.1, -0.05) is 0 Å². The lowest BCUT2D eigenvalue weighted by atomic mass is 9.78. The summed E-state index contributed by atoms with van der Waals surface area (Å²) >= 11 is 0. The highest BCUT2D eigenvalue weighted by atomic mass is 16.6. The Morgan fingerprint density at radius 1 is 1.19 bits per heavy atom. The molecule has 0 aromatic carbocycles. The molecule has 0 aromatic heterocycles. The number of aldehydes is 1. The minimum Gasteiger partial charge on any atom is -0.465 e. The Morgan fingerprint density at radius 3 is 2.24 bits per heavy atom. The van der Waals surface area contributed by atoms with E-state index in [1.807, 2.05) is 0 Å². The van der Waals surface area contributed by atoms with Crippen LogP contribution in [0.25, 0.3) is 0 Å². The summed E-state index contributed by atoms with van der Waals surface area (Å²) in [5.41, 5.74) is -1.59. The Morgan fingerprint density at radius 2 is 1.81 bits per heavy atom. The van der Waals surface area contributed by atoms with Gasteiger partial charge in [-0.15, -0.1) is 0 Å². The molecule has 6 heteroatoms. The van der Waals surface area contributed by atoms with Gasteiger partial charge in [0.2, 0.25) is 0 Å². The van der Waals surface area contributed by atoms with Gasteiger partial charge < -0.3 is 19.0 Å². The molecule has 1 rings (SSSR count). The molecule has 0 N–H and O–H groups in total. The largest absolute Gasteiger partial charge is 0.465 e. The second-order valence-corrected chi connectivity index (χ2v) is 5.09. The minimum absolute atomic E-state index is 0.128. The molecule has 0 aromatic rings. The van der Waals surface area contributed by atoms with Gasteiger partial charge in [-0.3, -0.25) is 9.59 Å². The number of carbonyl (C=O) groups is 3. The van der Waals surface area contributed by atoms with Crippen LogP contribution in [0.15, 0.2) is 0 Å². The van der Waals surface area contributed by atoms with E-state index in [4.69, 9.17) is 14.2 Å². The van der Waals surface area contributed by atoms with E-state index in [-0.39, 0.29) is 32.2 Å². The zero-order chi connectivity index (χ0) is 15.7. The molecule has 0 amide bonds. The molecule has 0 bridgehead atoms. The fraction of sp³-hybridized carbons (Fsp3) is 0.800. The van der Waals surface area contributed by atoms with Crippen molar-refractivity contribution in [3.8, 4) is 0 Å². The first kappa shape index (κ1) is 17.6. The normalized spacial score (nSPS) is 18.9. The monoisotopic (exact) mass is 300 g/mol. The van der Waals surface area contributed by atoms with Crippen LogP contribution in [0.5, 0.6) is 0 Å². The van der Waals surface area contributed by atoms with Crippen LogP contribution in [0, 0.1) is 5.41 Å². The van der Waals surface area contributed by atoms with Gasteiger partial charge in [0.1, 0.15) is 6.29 Å². The van der Waals surface area contributed by atoms with Crippen LogP contribution in [-0.2, 0) is 28.6 Å². The highest BCUT2D eigenvalue weighted by Crippen LogP contribution is 2.34. The summed E-state index contributed by atoms with van der Waals surface area (Å²) in [4.78, 5) is 35.6. The van der Waals surface area contributed by atoms with Crippen LogP contribution in [0.4, 0.5) is 0 Å². The van der Waals surface area contributed by atoms with Crippen LogP contribution in [0.2, 0.25) is 0 Å². The molecule has 21 heavy (non-hydrogen) atoms. The van der Waals surface area contributed by atoms with E-state index in [0.717, 1.165) is 19.3 Å². The summed E-state index contributed by atoms with van der Waals surface area (Å²) < 4.78 is 15.6. The molecular formula is C15H24O6. The van der Waals surface area contributed by atoms with E-state index in [1.54, 1.807) is 13.8 Å². The molecule has 6 nitrogen and oxygen atoms in total. The summed E-state index contributed by atoms with van der Waals surface area (Å²) in [6, 6.07) is 0. The van der Waals surface area contributed by atoms with Crippen molar-refractivity contribution >= 4 is 18.2 Å². The lowest BCUT2D eigenvalue weighted by molar-refractivity contribution is -0.177. The van der Waals surface area contributed by atoms with Gasteiger partial charge in [-0.25, -0.2) is 0 Å². The van der Waals surface area contributed by atoms with Crippen LogP contribution in [0.3, 0.4) is 0 Å². The van der Waals surface area contributed by atoms with Gasteiger partial charge in [0, 0.05) is 19.4 Å². The van der Waals surface area contributed by atoms with Crippen LogP contribution < -0.4 is 0 Å². The molecular weight excluding hydrogens is 276 g/mol. The first-order valence-corrected chi connectivity index (χ1v) is 7.50. The SMILES string of the molecule is CCOC(=O)C(CC=O)(C[C@@H]1CCCCO1)C(=O)OCC. The third-order valence-electron chi connectivity index (χ3n) is 3.61. The number of ether oxygens (including phenoxy) is 3. The van der Waals surface area contributed by atoms with E-state index in [1.165, 1.54) is 0 Å². The fourth-order valence-corrected chi connectivity index (χ4v) is 2.54. The summed E-state index contributed by atoms with van der Waals surface area (Å²) in [6.45, 7) is 4.21. The highest BCUT2D eigenvalue weighted by molar-refractivity contribution is 6.02. The van der Waals surface area contributed by atoms with Gasteiger partial charge in [0.15, 0.2) is 5.41 Å². The Kier molecular flexibility index (Phi) is 7.36. The van der Waals surface area contributed by atoms with Gasteiger partial charge >= 0.3 is 11.9 Å². The Bertz CT molecular complexity index is 341. The summed E-state index contributed by atoms with van der Waals surface area (Å²) in [5.74, 6) is -1.41. The average molecular weight is 300 g/mol. The summed E-state index contributed by atoms with van der Waals surface area (Å²) in [6.07, 6.45) is 2.93. The fourth-order valence-electron chi connectivity index (χ4n) is 2.54. The van der Waals surface area contributed by atoms with Crippen molar-refractivity contribution in [3.63, 3.8) is 0 Å². The molecule has 1 aliphatic heterocycles. The second kappa shape index (κ2) is 8.77. The van der Waals surface area contributed by atoms with Crippen molar-refractivity contribution in [1.82, 2.24) is 0 Å². The smallest absolute Gasteiger partial charge is 0.324 e. The molecule has 1 heterocycles. The number of hydrogen-bond donors (Lipinski definition) is 0. The third-order valence-corrected chi connectivity index (χ3v) is 3.61. The molecule has 1 saturated heterocycles. The van der Waals surface area contributed by atoms with E-state index in [2.05, 4.69) is 0 Å². The van der Waals surface area contributed by atoms with Crippen molar-refractivity contribution in [2.24, 2.45) is 5.41 Å². The van der Waals surface area contributed by atoms with Crippen LogP contribution in [0.1, 0.15) is 46.0 Å². The lowest BCUT2D eigenvalue weighted by Gasteiger charge is -2.32. The lowest BCUT2D eigenvalue weighted by Crippen LogP contribution is -2.45. The van der Waals surface area contributed by atoms with Crippen molar-refractivity contribution < 1.29 is 28.6 Å². The molecule has 0 unspecified atom stereocenters. The van der Waals surface area contributed by atoms with Crippen LogP contribution in [-0.4, -0.2) is 44.1 Å². The number of hydrogen-bond acceptors (Lipinski definition) is 6. The standard InChI is InChI=1S/C15H24O6/c1-3-19-13(17)15(8-9-16,14(18)20-4-2)11-12-7-5-6-10-21-12/h9,12H,3-8,10-11H2,1-2H3/t12-/m0/s1. The molecule has 1 aliphatic rings. The zero-order valence-electron chi connectivity index (χ0n) is 12.8. The van der Waals surface area contributed by atoms with E-state index >= 15 is 0 Å². The predicted octanol–water partition coefficient (Wildman–Crippen LogP) is 1.65. The molecule has 0 saturated carbocycles. The second-order valence-electron chi connectivity index (χ2n) is 5.09. The first-order valence-electron chi connectivity index (χ1n) is 7.50. The van der Waals surface area contributed by atoms with Crippen molar-refractivity contribution in [2.45, 2.75) is 52.1 Å². The van der Waals surface area contributed by atoms with E-state index in [9.17, 15) is 14.4 Å². The van der Waals surface area contributed by atoms with E-state index in [0.29, 0.717) is 12.9 Å². The third kappa shape index (κ3) is 4.52.